The summed E-state index contributed by atoms with van der Waals surface area (Å²) in [5.74, 6) is -0.153. The van der Waals surface area contributed by atoms with E-state index < -0.39 is 24.0 Å². The van der Waals surface area contributed by atoms with Crippen LogP contribution in [0.3, 0.4) is 0 Å². The molecule has 0 saturated carbocycles. The minimum atomic E-state index is -3.93. The Balaban J connectivity index is 1.44. The van der Waals surface area contributed by atoms with Crippen LogP contribution < -0.4 is 5.32 Å². The van der Waals surface area contributed by atoms with Crippen molar-refractivity contribution in [3.63, 3.8) is 0 Å². The summed E-state index contributed by atoms with van der Waals surface area (Å²) in [6.07, 6.45) is 4.20. The summed E-state index contributed by atoms with van der Waals surface area (Å²) in [4.78, 5) is 10.2. The van der Waals surface area contributed by atoms with Crippen molar-refractivity contribution >= 4 is 29.7 Å². The van der Waals surface area contributed by atoms with E-state index in [2.05, 4.69) is 46.1 Å². The van der Waals surface area contributed by atoms with Gasteiger partial charge in [0.2, 0.25) is 11.9 Å². The van der Waals surface area contributed by atoms with Crippen LogP contribution in [-0.2, 0) is 34.3 Å². The molecule has 0 spiro atoms. The lowest BCUT2D eigenvalue weighted by Gasteiger charge is -2.39. The highest BCUT2D eigenvalue weighted by Gasteiger charge is 2.40. The van der Waals surface area contributed by atoms with E-state index in [9.17, 15) is 12.8 Å². The number of anilines is 2. The van der Waals surface area contributed by atoms with Crippen LogP contribution >= 0.6 is 0 Å². The fourth-order valence-corrected chi connectivity index (χ4v) is 7.73. The molecule has 2 N–H and O–H groups in total. The number of aryl methyl sites for hydroxylation is 1. The molecule has 5 rings (SSSR count). The first-order valence-electron chi connectivity index (χ1n) is 14.8. The maximum atomic E-state index is 14.1. The first-order valence-corrected chi connectivity index (χ1v) is 19.9. The monoisotopic (exact) mass is 631 g/mol. The maximum absolute atomic E-state index is 14.1. The highest BCUT2D eigenvalue weighted by molar-refractivity contribution is 7.89. The molecule has 0 radical (unpaired) electrons. The van der Waals surface area contributed by atoms with Crippen LogP contribution in [0.1, 0.15) is 17.5 Å². The molecular weight excluding hydrogens is 590 g/mol. The Bertz CT molecular complexity index is 1540. The molecule has 1 aliphatic carbocycles. The fourth-order valence-electron chi connectivity index (χ4n) is 5.53. The zero-order chi connectivity index (χ0) is 30.8. The first-order chi connectivity index (χ1) is 20.4. The number of hydrogen-bond donors (Lipinski definition) is 2. The van der Waals surface area contributed by atoms with Crippen molar-refractivity contribution in [2.45, 2.75) is 56.8 Å². The van der Waals surface area contributed by atoms with E-state index in [-0.39, 0.29) is 30.4 Å². The van der Waals surface area contributed by atoms with Gasteiger partial charge in [-0.15, -0.1) is 5.10 Å². The van der Waals surface area contributed by atoms with Crippen LogP contribution in [-0.4, -0.2) is 97.0 Å². The second-order valence-corrected chi connectivity index (χ2v) is 20.2. The van der Waals surface area contributed by atoms with Gasteiger partial charge in [-0.05, 0) is 61.0 Å². The standard InChI is InChI=1S/C29H42FN7O4SSi/c1-35(12-13-38)17-21-18-36(19-21)42(39,40)29-33-28(37(34-29)20-41-14-15-43(2,3)4)32-27-24-7-5-6-22(24)8-9-25(27)23-10-11-31-26(30)16-23/h8-11,16,21,38H,5-7,12-15,17-20H2,1-4H3,(H,32,33,34). The molecule has 1 aromatic carbocycles. The largest absolute Gasteiger partial charge is 0.395 e. The second kappa shape index (κ2) is 13.1. The quantitative estimate of drug-likeness (QED) is 0.156. The van der Waals surface area contributed by atoms with Gasteiger partial charge >= 0.3 is 0 Å². The summed E-state index contributed by atoms with van der Waals surface area (Å²) in [7, 11) is -3.36. The topological polar surface area (TPSA) is 126 Å². The molecule has 0 bridgehead atoms. The van der Waals surface area contributed by atoms with Gasteiger partial charge in [0.1, 0.15) is 6.73 Å². The second-order valence-electron chi connectivity index (χ2n) is 12.7. The number of rotatable bonds is 14. The Morgan fingerprint density at radius 2 is 2.00 bits per heavy atom. The summed E-state index contributed by atoms with van der Waals surface area (Å²) in [5.41, 5.74) is 4.50. The van der Waals surface area contributed by atoms with Crippen LogP contribution in [0, 0.1) is 11.9 Å². The molecule has 2 aromatic heterocycles. The molecule has 1 fully saturated rings. The maximum Gasteiger partial charge on any atom is 0.284 e. The molecule has 14 heteroatoms. The van der Waals surface area contributed by atoms with Crippen LogP contribution in [0.2, 0.25) is 25.7 Å². The number of pyridine rings is 1. The third kappa shape index (κ3) is 7.49. The average molecular weight is 632 g/mol. The molecule has 0 atom stereocenters. The minimum Gasteiger partial charge on any atom is -0.395 e. The highest BCUT2D eigenvalue weighted by Crippen LogP contribution is 2.39. The molecule has 234 valence electrons. The van der Waals surface area contributed by atoms with Crippen LogP contribution in [0.25, 0.3) is 11.1 Å². The van der Waals surface area contributed by atoms with Gasteiger partial charge in [-0.2, -0.15) is 13.7 Å². The SMILES string of the molecule is CN(CCO)CC1CN(S(=O)(=O)c2nc(Nc3c(-c4ccnc(F)c4)ccc4c3CCC4)n(COCC[Si](C)(C)C)n2)C1. The number of halogens is 1. The normalized spacial score (nSPS) is 16.1. The van der Waals surface area contributed by atoms with E-state index in [1.54, 1.807) is 6.07 Å². The van der Waals surface area contributed by atoms with E-state index in [4.69, 9.17) is 9.84 Å². The number of sulfonamides is 1. The van der Waals surface area contributed by atoms with Crippen molar-refractivity contribution in [2.24, 2.45) is 5.92 Å². The van der Waals surface area contributed by atoms with E-state index in [1.165, 1.54) is 26.8 Å². The van der Waals surface area contributed by atoms with E-state index in [1.807, 2.05) is 18.0 Å². The van der Waals surface area contributed by atoms with Gasteiger partial charge in [-0.25, -0.2) is 18.1 Å². The molecule has 2 aliphatic rings. The van der Waals surface area contributed by atoms with E-state index in [0.29, 0.717) is 38.3 Å². The van der Waals surface area contributed by atoms with Crippen LogP contribution in [0.5, 0.6) is 0 Å². The molecule has 1 saturated heterocycles. The summed E-state index contributed by atoms with van der Waals surface area (Å²) < 4.78 is 50.1. The molecular formula is C29H42FN7O4SSi. The number of aliphatic hydroxyl groups excluding tert-OH is 1. The van der Waals surface area contributed by atoms with E-state index >= 15 is 0 Å². The van der Waals surface area contributed by atoms with Crippen molar-refractivity contribution in [1.29, 1.82) is 0 Å². The lowest BCUT2D eigenvalue weighted by atomic mass is 9.98. The predicted octanol–water partition coefficient (Wildman–Crippen LogP) is 3.57. The van der Waals surface area contributed by atoms with Gasteiger partial charge in [-0.3, -0.25) is 0 Å². The minimum absolute atomic E-state index is 0.0398. The zero-order valence-electron chi connectivity index (χ0n) is 25.4. The van der Waals surface area contributed by atoms with Crippen molar-refractivity contribution in [2.75, 3.05) is 51.8 Å². The number of nitrogens with zero attached hydrogens (tertiary/aromatic N) is 6. The summed E-state index contributed by atoms with van der Waals surface area (Å²) in [6.45, 7) is 9.42. The van der Waals surface area contributed by atoms with Gasteiger partial charge in [0.15, 0.2) is 0 Å². The number of fused-ring (bicyclic) bond motifs is 1. The third-order valence-electron chi connectivity index (χ3n) is 7.97. The van der Waals surface area contributed by atoms with Gasteiger partial charge in [0.25, 0.3) is 15.2 Å². The number of benzene rings is 1. The van der Waals surface area contributed by atoms with Crippen molar-refractivity contribution in [3.8, 4) is 11.1 Å². The number of aliphatic hydroxyl groups is 1. The molecule has 0 amide bonds. The number of aromatic nitrogens is 4. The Morgan fingerprint density at radius 1 is 1.21 bits per heavy atom. The molecule has 1 aliphatic heterocycles. The predicted molar refractivity (Wildman–Crippen MR) is 166 cm³/mol. The Kier molecular flexibility index (Phi) is 9.63. The number of ether oxygens (including phenoxy) is 1. The number of hydrogen-bond acceptors (Lipinski definition) is 9. The van der Waals surface area contributed by atoms with E-state index in [0.717, 1.165) is 42.1 Å². The number of nitrogens with one attached hydrogen (secondary N) is 1. The first kappa shape index (κ1) is 31.7. The smallest absolute Gasteiger partial charge is 0.284 e. The Morgan fingerprint density at radius 3 is 2.72 bits per heavy atom. The molecule has 3 aromatic rings. The molecule has 43 heavy (non-hydrogen) atoms. The molecule has 3 heterocycles. The van der Waals surface area contributed by atoms with Gasteiger partial charge in [0.05, 0.1) is 12.3 Å². The van der Waals surface area contributed by atoms with Crippen molar-refractivity contribution < 1.29 is 22.7 Å². The van der Waals surface area contributed by atoms with Gasteiger partial charge < -0.3 is 20.1 Å². The van der Waals surface area contributed by atoms with Crippen molar-refractivity contribution in [1.82, 2.24) is 29.0 Å². The summed E-state index contributed by atoms with van der Waals surface area (Å²) in [6, 6.07) is 8.13. The summed E-state index contributed by atoms with van der Waals surface area (Å²) >= 11 is 0. The van der Waals surface area contributed by atoms with Crippen LogP contribution in [0.15, 0.2) is 35.6 Å². The third-order valence-corrected chi connectivity index (χ3v) is 11.3. The molecule has 0 unspecified atom stereocenters. The lowest BCUT2D eigenvalue weighted by molar-refractivity contribution is 0.0790. The van der Waals surface area contributed by atoms with Crippen molar-refractivity contribution in [3.05, 3.63) is 47.5 Å². The zero-order valence-corrected chi connectivity index (χ0v) is 27.2. The molecule has 11 nitrogen and oxygen atoms in total. The van der Waals surface area contributed by atoms with Gasteiger partial charge in [0, 0.05) is 58.7 Å². The van der Waals surface area contributed by atoms with Crippen LogP contribution in [0.4, 0.5) is 16.0 Å². The fraction of sp³-hybridized carbons (Fsp3) is 0.552. The average Bonchev–Trinajstić information content (AvgIpc) is 3.56. The highest BCUT2D eigenvalue weighted by atomic mass is 32.2. The lowest BCUT2D eigenvalue weighted by Crippen LogP contribution is -2.53. The Labute approximate surface area is 254 Å². The number of likely N-dealkylation sites (N-methyl/N-ethyl adjacent to an activating group) is 1. The Hall–Kier alpha value is -2.75. The summed E-state index contributed by atoms with van der Waals surface area (Å²) in [5, 5.41) is 16.7. The van der Waals surface area contributed by atoms with Gasteiger partial charge in [-0.1, -0.05) is 31.8 Å².